The van der Waals surface area contributed by atoms with E-state index in [-0.39, 0.29) is 16.2 Å². The molecule has 1 saturated heterocycles. The molecule has 242 valence electrons. The van der Waals surface area contributed by atoms with Crippen molar-refractivity contribution in [3.8, 4) is 22.3 Å². The average molecular weight is 785 g/mol. The number of allylic oxidation sites excluding steroid dienone is 2. The Balaban J connectivity index is 1.43. The second kappa shape index (κ2) is 11.1. The van der Waals surface area contributed by atoms with Gasteiger partial charge in [0.15, 0.2) is 0 Å². The Morgan fingerprint density at radius 2 is 1.02 bits per heavy atom. The third-order valence-corrected chi connectivity index (χ3v) is 26.9. The van der Waals surface area contributed by atoms with Crippen molar-refractivity contribution in [3.63, 3.8) is 0 Å². The second-order valence-corrected chi connectivity index (χ2v) is 35.3. The molecule has 0 bridgehead atoms. The van der Waals surface area contributed by atoms with Crippen molar-refractivity contribution >= 4 is 12.2 Å². The van der Waals surface area contributed by atoms with Crippen molar-refractivity contribution < 1.29 is 20.0 Å². The molecule has 0 nitrogen and oxygen atoms in total. The molecule has 47 heavy (non-hydrogen) atoms. The molecular weight excluding hydrogens is 731 g/mol. The van der Waals surface area contributed by atoms with Gasteiger partial charge in [-0.3, -0.25) is 0 Å². The van der Waals surface area contributed by atoms with E-state index in [9.17, 15) is 0 Å². The molecule has 1 heterocycles. The molecule has 2 atom stereocenters. The first kappa shape index (κ1) is 32.8. The molecule has 2 aliphatic carbocycles. The molecule has 0 radical (unpaired) electrons. The van der Waals surface area contributed by atoms with Gasteiger partial charge in [-0.1, -0.05) is 0 Å². The molecule has 0 amide bonds. The number of hydrogen-bond acceptors (Lipinski definition) is 0. The zero-order valence-corrected chi connectivity index (χ0v) is 34.3. The minimum absolute atomic E-state index is 0.0338. The van der Waals surface area contributed by atoms with Crippen molar-refractivity contribution in [3.05, 3.63) is 129 Å². The molecule has 2 unspecified atom stereocenters. The van der Waals surface area contributed by atoms with Crippen molar-refractivity contribution in [2.75, 3.05) is 0 Å². The van der Waals surface area contributed by atoms with E-state index in [1.54, 1.807) is 22.3 Å². The van der Waals surface area contributed by atoms with E-state index in [1.165, 1.54) is 50.9 Å². The second-order valence-electron chi connectivity index (χ2n) is 18.1. The molecule has 0 aromatic heterocycles. The first-order chi connectivity index (χ1) is 22.0. The van der Waals surface area contributed by atoms with E-state index in [0.29, 0.717) is 13.3 Å². The van der Waals surface area contributed by atoms with E-state index in [1.807, 2.05) is 0 Å². The fourth-order valence-electron chi connectivity index (χ4n) is 9.56. The van der Waals surface area contributed by atoms with E-state index < -0.39 is 20.0 Å². The molecule has 3 aliphatic rings. The molecule has 0 N–H and O–H groups in total. The Morgan fingerprint density at radius 3 is 1.40 bits per heavy atom. The quantitative estimate of drug-likeness (QED) is 0.181. The molecule has 4 aromatic carbocycles. The van der Waals surface area contributed by atoms with Crippen LogP contribution in [0, 0.1) is 11.3 Å². The summed E-state index contributed by atoms with van der Waals surface area (Å²) in [7, 11) is 0. The summed E-state index contributed by atoms with van der Waals surface area (Å²) in [6.45, 7) is 21.4. The molecule has 1 fully saturated rings. The van der Waals surface area contributed by atoms with Crippen LogP contribution in [-0.4, -0.2) is 0 Å². The van der Waals surface area contributed by atoms with Gasteiger partial charge in [0.05, 0.1) is 0 Å². The Kier molecular flexibility index (Phi) is 7.76. The fraction of sp³-hybridized carbons (Fsp3) is 0.391. The van der Waals surface area contributed by atoms with E-state index in [2.05, 4.69) is 169 Å². The number of benzene rings is 4. The van der Waals surface area contributed by atoms with Crippen molar-refractivity contribution in [1.82, 2.24) is 0 Å². The van der Waals surface area contributed by atoms with Crippen LogP contribution >= 0.6 is 0 Å². The van der Waals surface area contributed by atoms with Gasteiger partial charge >= 0.3 is 291 Å². The summed E-state index contributed by atoms with van der Waals surface area (Å²) in [4.78, 5) is 0. The van der Waals surface area contributed by atoms with Crippen LogP contribution in [-0.2, 0) is 30.8 Å². The van der Waals surface area contributed by atoms with Crippen molar-refractivity contribution in [1.29, 1.82) is 0 Å². The zero-order valence-electron chi connectivity index (χ0n) is 30.7. The van der Waals surface area contributed by atoms with Gasteiger partial charge in [0.25, 0.3) is 0 Å². The molecular formula is C46H54Hf. The number of fused-ring (bicyclic) bond motifs is 6. The van der Waals surface area contributed by atoms with Crippen LogP contribution in [0.3, 0.4) is 0 Å². The van der Waals surface area contributed by atoms with Crippen LogP contribution in [0.2, 0.25) is 9.36 Å². The maximum atomic E-state index is 2.78. The molecule has 1 aliphatic heterocycles. The monoisotopic (exact) mass is 786 g/mol. The van der Waals surface area contributed by atoms with Crippen LogP contribution in [0.4, 0.5) is 0 Å². The van der Waals surface area contributed by atoms with Gasteiger partial charge in [0.2, 0.25) is 0 Å². The van der Waals surface area contributed by atoms with Crippen LogP contribution in [0.15, 0.2) is 96.1 Å². The van der Waals surface area contributed by atoms with E-state index >= 15 is 0 Å². The number of rotatable bonds is 4. The maximum absolute atomic E-state index is 3.14. The van der Waals surface area contributed by atoms with Crippen molar-refractivity contribution in [2.45, 2.75) is 96.3 Å². The molecule has 0 spiro atoms. The van der Waals surface area contributed by atoms with Gasteiger partial charge in [-0.15, -0.1) is 0 Å². The van der Waals surface area contributed by atoms with Gasteiger partial charge in [0.1, 0.15) is 0 Å². The molecule has 4 aromatic rings. The fourth-order valence-corrected chi connectivity index (χ4v) is 27.0. The third kappa shape index (κ3) is 5.26. The summed E-state index contributed by atoms with van der Waals surface area (Å²) in [6, 6.07) is 33.1. The predicted molar refractivity (Wildman–Crippen MR) is 202 cm³/mol. The Hall–Kier alpha value is -2.77. The molecule has 0 saturated carbocycles. The Morgan fingerprint density at radius 1 is 0.617 bits per heavy atom. The van der Waals surface area contributed by atoms with Crippen LogP contribution < -0.4 is 0 Å². The molecule has 1 heteroatoms. The van der Waals surface area contributed by atoms with Gasteiger partial charge in [0, 0.05) is 0 Å². The zero-order chi connectivity index (χ0) is 33.7. The Bertz CT molecular complexity index is 1810. The van der Waals surface area contributed by atoms with Crippen LogP contribution in [0.1, 0.15) is 109 Å². The van der Waals surface area contributed by atoms with Gasteiger partial charge in [-0.05, 0) is 0 Å². The summed E-state index contributed by atoms with van der Waals surface area (Å²) in [5.74, 6) is 0.610. The predicted octanol–water partition coefficient (Wildman–Crippen LogP) is 13.5. The van der Waals surface area contributed by atoms with Gasteiger partial charge in [-0.25, -0.2) is 0 Å². The molecule has 7 rings (SSSR count). The first-order valence-corrected chi connectivity index (χ1v) is 29.3. The number of hydrogen-bond donors (Lipinski definition) is 0. The Labute approximate surface area is 289 Å². The first-order valence-electron chi connectivity index (χ1n) is 17.9. The average Bonchev–Trinajstić information content (AvgIpc) is 3.61. The van der Waals surface area contributed by atoms with E-state index in [0.717, 1.165) is 0 Å². The normalized spacial score (nSPS) is 22.7. The third-order valence-electron chi connectivity index (χ3n) is 11.8. The SMILES string of the molecule is CC(C)CC1(C)C2=Cc3c(-c4cccc(C(C)(C)C)c4)cccc3[CH]2[Hf]([CH3])([CH3])[CH]2C1=Cc1c(-c3cccc(C(C)(C)C)c3)cccc12. The summed E-state index contributed by atoms with van der Waals surface area (Å²) in [6.07, 6.45) is 6.57. The summed E-state index contributed by atoms with van der Waals surface area (Å²) in [5, 5.41) is 0. The standard InChI is InChI=1S/C44H48.2CH3.Hf/c1-29(2)28-44(9,36-24-32-16-12-20-38(40(32)26-36)30-14-10-18-34(22-30)42(3,4)5)37-25-33-17-13-21-39(41(33)27-37)31-15-11-19-35(23-31)43(6,7)8;;;/h10-27,29H,28H2,1-9H3;2*1H3;. The van der Waals surface area contributed by atoms with Crippen LogP contribution in [0.5, 0.6) is 0 Å². The van der Waals surface area contributed by atoms with Crippen LogP contribution in [0.25, 0.3) is 34.4 Å². The van der Waals surface area contributed by atoms with E-state index in [4.69, 9.17) is 0 Å². The van der Waals surface area contributed by atoms with Gasteiger partial charge in [-0.2, -0.15) is 0 Å². The van der Waals surface area contributed by atoms with Gasteiger partial charge < -0.3 is 0 Å². The summed E-state index contributed by atoms with van der Waals surface area (Å²) in [5.41, 5.74) is 18.3. The minimum atomic E-state index is -3.14. The summed E-state index contributed by atoms with van der Waals surface area (Å²) >= 11 is -3.14. The topological polar surface area (TPSA) is 0 Å². The summed E-state index contributed by atoms with van der Waals surface area (Å²) < 4.78 is 6.74. The van der Waals surface area contributed by atoms with Crippen molar-refractivity contribution in [2.24, 2.45) is 11.3 Å².